The second kappa shape index (κ2) is 8.75. The van der Waals surface area contributed by atoms with E-state index in [1.807, 2.05) is 24.3 Å². The van der Waals surface area contributed by atoms with Crippen LogP contribution < -0.4 is 10.1 Å². The number of methoxy groups -OCH3 is 1. The largest absolute Gasteiger partial charge is 0.497 e. The summed E-state index contributed by atoms with van der Waals surface area (Å²) in [6.07, 6.45) is 1.74. The summed E-state index contributed by atoms with van der Waals surface area (Å²) >= 11 is 7.39. The molecule has 2 aromatic carbocycles. The Hall–Kier alpha value is -2.77. The third kappa shape index (κ3) is 5.12. The first kappa shape index (κ1) is 19.0. The van der Waals surface area contributed by atoms with Gasteiger partial charge in [-0.2, -0.15) is 0 Å². The SMILES string of the molecule is COc1ccc(/C=C(\Cl)c2nnc(C(=O)NCc3ccc(F)cc3)s2)cc1. The van der Waals surface area contributed by atoms with Gasteiger partial charge in [-0.1, -0.05) is 47.2 Å². The smallest absolute Gasteiger partial charge is 0.282 e. The Labute approximate surface area is 164 Å². The van der Waals surface area contributed by atoms with Gasteiger partial charge in [0.1, 0.15) is 11.6 Å². The number of nitrogens with one attached hydrogen (secondary N) is 1. The summed E-state index contributed by atoms with van der Waals surface area (Å²) in [6, 6.07) is 13.3. The monoisotopic (exact) mass is 403 g/mol. The zero-order valence-corrected chi connectivity index (χ0v) is 15.9. The first-order valence-corrected chi connectivity index (χ1v) is 9.12. The Bertz CT molecular complexity index is 956. The molecular formula is C19H15ClFN3O2S. The second-order valence-electron chi connectivity index (χ2n) is 5.49. The fraction of sp³-hybridized carbons (Fsp3) is 0.105. The van der Waals surface area contributed by atoms with Gasteiger partial charge >= 0.3 is 0 Å². The number of ether oxygens (including phenoxy) is 1. The predicted molar refractivity (Wildman–Crippen MR) is 104 cm³/mol. The van der Waals surface area contributed by atoms with Gasteiger partial charge in [0.2, 0.25) is 5.01 Å². The van der Waals surface area contributed by atoms with Crippen LogP contribution in [-0.2, 0) is 6.54 Å². The molecule has 3 rings (SSSR count). The van der Waals surface area contributed by atoms with Crippen molar-refractivity contribution < 1.29 is 13.9 Å². The second-order valence-corrected chi connectivity index (χ2v) is 6.87. The minimum Gasteiger partial charge on any atom is -0.497 e. The number of amides is 1. The number of carbonyl (C=O) groups excluding carboxylic acids is 1. The molecule has 1 amide bonds. The Kier molecular flexibility index (Phi) is 6.16. The Morgan fingerprint density at radius 2 is 1.81 bits per heavy atom. The molecule has 0 atom stereocenters. The van der Waals surface area contributed by atoms with E-state index in [0.717, 1.165) is 28.2 Å². The quantitative estimate of drug-likeness (QED) is 0.664. The molecule has 138 valence electrons. The van der Waals surface area contributed by atoms with E-state index in [1.165, 1.54) is 12.1 Å². The van der Waals surface area contributed by atoms with Crippen LogP contribution in [0.25, 0.3) is 11.1 Å². The van der Waals surface area contributed by atoms with Gasteiger partial charge in [0.15, 0.2) is 5.01 Å². The molecule has 0 fully saturated rings. The van der Waals surface area contributed by atoms with Crippen LogP contribution in [0, 0.1) is 5.82 Å². The summed E-state index contributed by atoms with van der Waals surface area (Å²) in [7, 11) is 1.60. The van der Waals surface area contributed by atoms with Crippen molar-refractivity contribution in [3.8, 4) is 5.75 Å². The average molecular weight is 404 g/mol. The van der Waals surface area contributed by atoms with Crippen LogP contribution in [0.15, 0.2) is 48.5 Å². The fourth-order valence-corrected chi connectivity index (χ4v) is 3.13. The van der Waals surface area contributed by atoms with Gasteiger partial charge < -0.3 is 10.1 Å². The summed E-state index contributed by atoms with van der Waals surface area (Å²) in [5.41, 5.74) is 1.66. The highest BCUT2D eigenvalue weighted by atomic mass is 35.5. The average Bonchev–Trinajstić information content (AvgIpc) is 3.18. The molecule has 1 aromatic heterocycles. The molecule has 3 aromatic rings. The van der Waals surface area contributed by atoms with E-state index in [1.54, 1.807) is 25.3 Å². The van der Waals surface area contributed by atoms with E-state index in [0.29, 0.717) is 10.0 Å². The molecule has 27 heavy (non-hydrogen) atoms. The maximum absolute atomic E-state index is 12.9. The first-order valence-electron chi connectivity index (χ1n) is 7.93. The Morgan fingerprint density at radius 1 is 1.15 bits per heavy atom. The van der Waals surface area contributed by atoms with Crippen molar-refractivity contribution in [3.63, 3.8) is 0 Å². The van der Waals surface area contributed by atoms with Gasteiger partial charge in [-0.05, 0) is 41.5 Å². The van der Waals surface area contributed by atoms with Crippen molar-refractivity contribution in [2.45, 2.75) is 6.54 Å². The molecule has 0 aliphatic carbocycles. The van der Waals surface area contributed by atoms with Crippen molar-refractivity contribution in [2.75, 3.05) is 7.11 Å². The molecule has 0 radical (unpaired) electrons. The van der Waals surface area contributed by atoms with Crippen LogP contribution in [0.1, 0.15) is 25.9 Å². The van der Waals surface area contributed by atoms with Gasteiger partial charge in [0.05, 0.1) is 12.1 Å². The highest BCUT2D eigenvalue weighted by Crippen LogP contribution is 2.26. The zero-order valence-electron chi connectivity index (χ0n) is 14.3. The number of benzene rings is 2. The lowest BCUT2D eigenvalue weighted by Crippen LogP contribution is -2.22. The molecule has 0 saturated heterocycles. The number of hydrogen-bond donors (Lipinski definition) is 1. The molecule has 0 saturated carbocycles. The maximum Gasteiger partial charge on any atom is 0.282 e. The van der Waals surface area contributed by atoms with E-state index in [4.69, 9.17) is 16.3 Å². The summed E-state index contributed by atoms with van der Waals surface area (Å²) in [5.74, 6) is 0.0634. The molecule has 0 aliphatic heterocycles. The lowest BCUT2D eigenvalue weighted by Gasteiger charge is -2.02. The Balaban J connectivity index is 1.64. The van der Waals surface area contributed by atoms with Crippen LogP contribution in [0.3, 0.4) is 0 Å². The first-order chi connectivity index (χ1) is 13.0. The molecule has 8 heteroatoms. The van der Waals surface area contributed by atoms with Crippen LogP contribution >= 0.6 is 22.9 Å². The van der Waals surface area contributed by atoms with Gasteiger partial charge in [-0.25, -0.2) is 4.39 Å². The summed E-state index contributed by atoms with van der Waals surface area (Å²) in [4.78, 5) is 12.2. The fourth-order valence-electron chi connectivity index (χ4n) is 2.18. The van der Waals surface area contributed by atoms with E-state index in [-0.39, 0.29) is 23.3 Å². The molecule has 0 aliphatic rings. The standard InChI is InChI=1S/C19H15ClFN3O2S/c1-26-15-8-4-12(5-9-15)10-16(20)18-23-24-19(27-18)17(25)22-11-13-2-6-14(21)7-3-13/h2-10H,11H2,1H3,(H,22,25)/b16-10-. The van der Waals surface area contributed by atoms with Crippen LogP contribution in [0.5, 0.6) is 5.75 Å². The van der Waals surface area contributed by atoms with Crippen LogP contribution in [-0.4, -0.2) is 23.2 Å². The molecule has 0 unspecified atom stereocenters. The van der Waals surface area contributed by atoms with Crippen molar-refractivity contribution in [2.24, 2.45) is 0 Å². The van der Waals surface area contributed by atoms with Crippen LogP contribution in [0.4, 0.5) is 4.39 Å². The molecule has 1 heterocycles. The van der Waals surface area contributed by atoms with Gasteiger partial charge in [0.25, 0.3) is 5.91 Å². The number of hydrogen-bond acceptors (Lipinski definition) is 5. The molecular weight excluding hydrogens is 389 g/mol. The summed E-state index contributed by atoms with van der Waals surface area (Å²) in [5, 5.41) is 11.6. The lowest BCUT2D eigenvalue weighted by molar-refractivity contribution is 0.0950. The van der Waals surface area contributed by atoms with E-state index in [2.05, 4.69) is 15.5 Å². The van der Waals surface area contributed by atoms with E-state index >= 15 is 0 Å². The highest BCUT2D eigenvalue weighted by molar-refractivity contribution is 7.15. The third-order valence-corrected chi connectivity index (χ3v) is 4.95. The Morgan fingerprint density at radius 3 is 2.48 bits per heavy atom. The third-order valence-electron chi connectivity index (χ3n) is 3.60. The summed E-state index contributed by atoms with van der Waals surface area (Å²) < 4.78 is 18.0. The predicted octanol–water partition coefficient (Wildman–Crippen LogP) is 4.35. The van der Waals surface area contributed by atoms with E-state index < -0.39 is 0 Å². The lowest BCUT2D eigenvalue weighted by atomic mass is 10.2. The van der Waals surface area contributed by atoms with Crippen molar-refractivity contribution in [1.29, 1.82) is 0 Å². The number of rotatable bonds is 6. The number of halogens is 2. The van der Waals surface area contributed by atoms with Gasteiger partial charge in [-0.15, -0.1) is 10.2 Å². The van der Waals surface area contributed by atoms with Crippen molar-refractivity contribution in [1.82, 2.24) is 15.5 Å². The highest BCUT2D eigenvalue weighted by Gasteiger charge is 2.14. The van der Waals surface area contributed by atoms with Crippen molar-refractivity contribution in [3.05, 3.63) is 75.5 Å². The van der Waals surface area contributed by atoms with Gasteiger partial charge in [-0.3, -0.25) is 4.79 Å². The normalized spacial score (nSPS) is 11.3. The molecule has 0 spiro atoms. The van der Waals surface area contributed by atoms with Crippen LogP contribution in [0.2, 0.25) is 0 Å². The minimum absolute atomic E-state index is 0.202. The minimum atomic E-state index is -0.364. The number of carbonyl (C=O) groups is 1. The van der Waals surface area contributed by atoms with E-state index in [9.17, 15) is 9.18 Å². The van der Waals surface area contributed by atoms with Gasteiger partial charge in [0, 0.05) is 6.54 Å². The maximum atomic E-state index is 12.9. The topological polar surface area (TPSA) is 64.1 Å². The molecule has 5 nitrogen and oxygen atoms in total. The molecule has 0 bridgehead atoms. The zero-order chi connectivity index (χ0) is 19.2. The number of nitrogens with zero attached hydrogens (tertiary/aromatic N) is 2. The summed E-state index contributed by atoms with van der Waals surface area (Å²) in [6.45, 7) is 0.267. The molecule has 1 N–H and O–H groups in total. The number of aromatic nitrogens is 2. The van der Waals surface area contributed by atoms with Crippen molar-refractivity contribution >= 4 is 40.0 Å².